The molecule has 1 atom stereocenters. The van der Waals surface area contributed by atoms with E-state index in [0.29, 0.717) is 69.8 Å². The van der Waals surface area contributed by atoms with Crippen molar-refractivity contribution in [3.05, 3.63) is 113 Å². The van der Waals surface area contributed by atoms with Gasteiger partial charge in [0, 0.05) is 30.9 Å². The second kappa shape index (κ2) is 11.0. The number of rotatable bonds is 5. The third-order valence-corrected chi connectivity index (χ3v) is 8.29. The average molecular weight is 624 g/mol. The number of benzene rings is 2. The van der Waals surface area contributed by atoms with Crippen LogP contribution in [0.3, 0.4) is 0 Å². The molecule has 0 spiro atoms. The van der Waals surface area contributed by atoms with Crippen molar-refractivity contribution in [2.24, 2.45) is 4.99 Å². The fourth-order valence-electron chi connectivity index (χ4n) is 4.85. The van der Waals surface area contributed by atoms with Crippen LogP contribution in [-0.4, -0.2) is 36.8 Å². The molecular weight excluding hydrogens is 599 g/mol. The Morgan fingerprint density at radius 2 is 1.88 bits per heavy atom. The molecule has 40 heavy (non-hydrogen) atoms. The summed E-state index contributed by atoms with van der Waals surface area (Å²) in [6.07, 6.45) is 1.68. The molecular formula is C29H24BrFN4O4S. The SMILES string of the molecule is CC1=C(C(=O)Nc2ccccc2)[C@H](c2ccc(F)cc2)n2c(s/c(=C/c3cc(Br)c(N4CCOCC4)o3)c2=O)=N1. The fourth-order valence-corrected chi connectivity index (χ4v) is 6.44. The molecule has 11 heteroatoms. The van der Waals surface area contributed by atoms with Gasteiger partial charge in [-0.05, 0) is 52.7 Å². The number of nitrogens with zero attached hydrogens (tertiary/aromatic N) is 3. The maximum atomic E-state index is 13.9. The van der Waals surface area contributed by atoms with Crippen LogP contribution in [-0.2, 0) is 9.53 Å². The molecule has 0 saturated carbocycles. The number of carbonyl (C=O) groups is 1. The second-order valence-corrected chi connectivity index (χ2v) is 11.2. The van der Waals surface area contributed by atoms with Gasteiger partial charge in [0.1, 0.15) is 11.6 Å². The van der Waals surface area contributed by atoms with Gasteiger partial charge in [-0.2, -0.15) is 0 Å². The number of morpholine rings is 1. The first kappa shape index (κ1) is 26.4. The number of hydrogen-bond acceptors (Lipinski definition) is 7. The summed E-state index contributed by atoms with van der Waals surface area (Å²) in [6.45, 7) is 4.39. The molecule has 4 heterocycles. The van der Waals surface area contributed by atoms with Crippen LogP contribution in [0.25, 0.3) is 6.08 Å². The number of nitrogens with one attached hydrogen (secondary N) is 1. The lowest BCUT2D eigenvalue weighted by atomic mass is 9.95. The smallest absolute Gasteiger partial charge is 0.271 e. The highest BCUT2D eigenvalue weighted by atomic mass is 79.9. The van der Waals surface area contributed by atoms with Gasteiger partial charge in [0.2, 0.25) is 5.88 Å². The van der Waals surface area contributed by atoms with Gasteiger partial charge in [0.05, 0.1) is 39.5 Å². The Morgan fingerprint density at radius 1 is 1.15 bits per heavy atom. The maximum absolute atomic E-state index is 13.9. The highest BCUT2D eigenvalue weighted by molar-refractivity contribution is 9.10. The molecule has 2 aromatic heterocycles. The van der Waals surface area contributed by atoms with E-state index < -0.39 is 11.9 Å². The molecule has 4 aromatic rings. The van der Waals surface area contributed by atoms with E-state index in [-0.39, 0.29) is 11.5 Å². The normalized spacial score (nSPS) is 17.5. The third kappa shape index (κ3) is 5.07. The predicted octanol–water partition coefficient (Wildman–Crippen LogP) is 4.21. The lowest BCUT2D eigenvalue weighted by molar-refractivity contribution is -0.113. The molecule has 2 aromatic carbocycles. The highest BCUT2D eigenvalue weighted by Gasteiger charge is 2.32. The minimum Gasteiger partial charge on any atom is -0.440 e. The first-order valence-corrected chi connectivity index (χ1v) is 14.3. The Labute approximate surface area is 240 Å². The van der Waals surface area contributed by atoms with Crippen molar-refractivity contribution in [2.45, 2.75) is 13.0 Å². The van der Waals surface area contributed by atoms with Crippen LogP contribution in [0.5, 0.6) is 0 Å². The lowest BCUT2D eigenvalue weighted by Gasteiger charge is -2.26. The summed E-state index contributed by atoms with van der Waals surface area (Å²) in [6, 6.07) is 15.9. The standard InChI is InChI=1S/C29H24BrFN4O4S/c1-17-24(26(36)33-20-5-3-2-4-6-20)25(18-7-9-19(31)10-8-18)35-27(37)23(40-29(35)32-17)16-21-15-22(30)28(39-21)34-11-13-38-14-12-34/h2-10,15-16,25H,11-14H2,1H3,(H,33,36)/b23-16+/t25-/m0/s1. The number of halogens is 2. The number of ether oxygens (including phenoxy) is 1. The number of hydrogen-bond donors (Lipinski definition) is 1. The average Bonchev–Trinajstić information content (AvgIpc) is 3.47. The number of fused-ring (bicyclic) bond motifs is 1. The molecule has 204 valence electrons. The van der Waals surface area contributed by atoms with E-state index in [1.54, 1.807) is 37.3 Å². The molecule has 0 unspecified atom stereocenters. The van der Waals surface area contributed by atoms with E-state index in [9.17, 15) is 14.0 Å². The molecule has 1 amide bonds. The van der Waals surface area contributed by atoms with Crippen LogP contribution < -0.4 is 25.1 Å². The summed E-state index contributed by atoms with van der Waals surface area (Å²) in [5.41, 5.74) is 1.67. The Morgan fingerprint density at radius 3 is 2.60 bits per heavy atom. The molecule has 1 N–H and O–H groups in total. The van der Waals surface area contributed by atoms with Gasteiger partial charge in [-0.1, -0.05) is 41.7 Å². The molecule has 6 rings (SSSR count). The molecule has 0 aliphatic carbocycles. The van der Waals surface area contributed by atoms with Crippen molar-refractivity contribution in [1.82, 2.24) is 4.57 Å². The molecule has 0 bridgehead atoms. The van der Waals surface area contributed by atoms with Gasteiger partial charge in [-0.3, -0.25) is 14.2 Å². The number of aromatic nitrogens is 1. The first-order valence-electron chi connectivity index (χ1n) is 12.7. The summed E-state index contributed by atoms with van der Waals surface area (Å²) in [7, 11) is 0. The highest BCUT2D eigenvalue weighted by Crippen LogP contribution is 2.32. The molecule has 8 nitrogen and oxygen atoms in total. The predicted molar refractivity (Wildman–Crippen MR) is 155 cm³/mol. The Kier molecular flexibility index (Phi) is 7.26. The number of amides is 1. The minimum atomic E-state index is -0.796. The topological polar surface area (TPSA) is 89.1 Å². The van der Waals surface area contributed by atoms with Crippen molar-refractivity contribution in [3.8, 4) is 0 Å². The summed E-state index contributed by atoms with van der Waals surface area (Å²) >= 11 is 4.78. The number of thiazole rings is 1. The largest absolute Gasteiger partial charge is 0.440 e. The van der Waals surface area contributed by atoms with Crippen molar-refractivity contribution < 1.29 is 18.3 Å². The quantitative estimate of drug-likeness (QED) is 0.360. The van der Waals surface area contributed by atoms with Crippen LogP contribution >= 0.6 is 27.3 Å². The summed E-state index contributed by atoms with van der Waals surface area (Å²) in [4.78, 5) is 34.6. The summed E-state index contributed by atoms with van der Waals surface area (Å²) in [5, 5.41) is 2.91. The van der Waals surface area contributed by atoms with E-state index in [1.807, 2.05) is 24.3 Å². The van der Waals surface area contributed by atoms with Gasteiger partial charge >= 0.3 is 0 Å². The van der Waals surface area contributed by atoms with Crippen molar-refractivity contribution >= 4 is 50.8 Å². The Balaban J connectivity index is 1.44. The van der Waals surface area contributed by atoms with Gasteiger partial charge in [0.15, 0.2) is 4.80 Å². The summed E-state index contributed by atoms with van der Waals surface area (Å²) in [5.74, 6) is 0.393. The molecule has 1 fully saturated rings. The van der Waals surface area contributed by atoms with Crippen LogP contribution in [0.1, 0.15) is 24.3 Å². The number of para-hydroxylation sites is 1. The van der Waals surface area contributed by atoms with E-state index in [2.05, 4.69) is 31.1 Å². The van der Waals surface area contributed by atoms with Crippen molar-refractivity contribution in [1.29, 1.82) is 0 Å². The summed E-state index contributed by atoms with van der Waals surface area (Å²) < 4.78 is 28.1. The second-order valence-electron chi connectivity index (χ2n) is 9.35. The maximum Gasteiger partial charge on any atom is 0.271 e. The third-order valence-electron chi connectivity index (χ3n) is 6.74. The van der Waals surface area contributed by atoms with Crippen molar-refractivity contribution in [2.75, 3.05) is 36.5 Å². The molecule has 2 aliphatic heterocycles. The van der Waals surface area contributed by atoms with E-state index in [0.717, 1.165) is 4.47 Å². The van der Waals surface area contributed by atoms with Crippen LogP contribution in [0.15, 0.2) is 90.6 Å². The van der Waals surface area contributed by atoms with Crippen LogP contribution in [0, 0.1) is 5.82 Å². The number of carbonyl (C=O) groups excluding carboxylic acids is 1. The molecule has 2 aliphatic rings. The van der Waals surface area contributed by atoms with E-state index >= 15 is 0 Å². The van der Waals surface area contributed by atoms with Gasteiger partial charge in [0.25, 0.3) is 11.5 Å². The number of anilines is 2. The lowest BCUT2D eigenvalue weighted by Crippen LogP contribution is -2.40. The van der Waals surface area contributed by atoms with Gasteiger partial charge in [-0.25, -0.2) is 9.38 Å². The number of allylic oxidation sites excluding steroid dienone is 1. The van der Waals surface area contributed by atoms with E-state index in [1.165, 1.54) is 28.0 Å². The van der Waals surface area contributed by atoms with Crippen LogP contribution in [0.4, 0.5) is 16.0 Å². The zero-order valence-electron chi connectivity index (χ0n) is 21.4. The van der Waals surface area contributed by atoms with Gasteiger partial charge in [-0.15, -0.1) is 0 Å². The Bertz CT molecular complexity index is 1790. The minimum absolute atomic E-state index is 0.310. The van der Waals surface area contributed by atoms with Gasteiger partial charge < -0.3 is 19.4 Å². The van der Waals surface area contributed by atoms with E-state index in [4.69, 9.17) is 9.15 Å². The monoisotopic (exact) mass is 622 g/mol. The Hall–Kier alpha value is -3.80. The van der Waals surface area contributed by atoms with Crippen LogP contribution in [0.2, 0.25) is 0 Å². The molecule has 1 saturated heterocycles. The zero-order valence-corrected chi connectivity index (χ0v) is 23.8. The fraction of sp³-hybridized carbons (Fsp3) is 0.207. The number of furan rings is 1. The van der Waals surface area contributed by atoms with Crippen molar-refractivity contribution in [3.63, 3.8) is 0 Å². The molecule has 0 radical (unpaired) electrons. The zero-order chi connectivity index (χ0) is 27.8. The first-order chi connectivity index (χ1) is 19.4.